The van der Waals surface area contributed by atoms with E-state index >= 15 is 0 Å². The van der Waals surface area contributed by atoms with Gasteiger partial charge in [0.05, 0.1) is 5.75 Å². The van der Waals surface area contributed by atoms with E-state index in [1.165, 1.54) is 57.1 Å². The summed E-state index contributed by atoms with van der Waals surface area (Å²) in [6, 6.07) is 5.61. The molecule has 204 valence electrons. The molecule has 0 spiro atoms. The fourth-order valence-electron chi connectivity index (χ4n) is 3.73. The summed E-state index contributed by atoms with van der Waals surface area (Å²) >= 11 is 15.6. The fraction of sp³-hybridized carbons (Fsp3) is 0.261. The minimum atomic E-state index is -1.76. The second-order valence-corrected chi connectivity index (χ2v) is 12.1. The van der Waals surface area contributed by atoms with E-state index in [0.29, 0.717) is 16.2 Å². The van der Waals surface area contributed by atoms with Crippen LogP contribution in [0.1, 0.15) is 0 Å². The first-order valence-corrected chi connectivity index (χ1v) is 14.8. The SMILES string of the molecule is O=C(CSc1cc(Cl)nc(Cl)c1)N[C@@H]1C(=O)N2C(C(=O)O)=C(CSc3cc[n+](CC(=O)C(=O)[O-])cc3)CS[C@H]12. The molecule has 39 heavy (non-hydrogen) atoms. The van der Waals surface area contributed by atoms with Gasteiger partial charge in [0.25, 0.3) is 5.91 Å². The second-order valence-electron chi connectivity index (χ2n) is 8.15. The Morgan fingerprint density at radius 2 is 1.82 bits per heavy atom. The summed E-state index contributed by atoms with van der Waals surface area (Å²) in [5.74, 6) is -4.30. The van der Waals surface area contributed by atoms with Gasteiger partial charge in [-0.3, -0.25) is 19.3 Å². The van der Waals surface area contributed by atoms with Gasteiger partial charge in [0.15, 0.2) is 12.4 Å². The van der Waals surface area contributed by atoms with Gasteiger partial charge in [-0.25, -0.2) is 9.78 Å². The number of carboxylic acid groups (broad SMARTS) is 2. The van der Waals surface area contributed by atoms with Crippen LogP contribution in [0.5, 0.6) is 0 Å². The molecule has 0 aromatic carbocycles. The van der Waals surface area contributed by atoms with Crippen LogP contribution in [-0.4, -0.2) is 73.2 Å². The topological polar surface area (TPSA) is 161 Å². The highest BCUT2D eigenvalue weighted by Crippen LogP contribution is 2.41. The highest BCUT2D eigenvalue weighted by atomic mass is 35.5. The number of hydrogen-bond acceptors (Lipinski definition) is 10. The van der Waals surface area contributed by atoms with Crippen LogP contribution in [0.3, 0.4) is 0 Å². The molecule has 0 saturated carbocycles. The lowest BCUT2D eigenvalue weighted by Crippen LogP contribution is -2.70. The molecular formula is C23H18Cl2N4O7S3. The van der Waals surface area contributed by atoms with Crippen LogP contribution in [0.2, 0.25) is 10.3 Å². The van der Waals surface area contributed by atoms with Gasteiger partial charge in [-0.05, 0) is 17.7 Å². The number of aliphatic carboxylic acids is 2. The maximum atomic E-state index is 12.9. The number of rotatable bonds is 11. The quantitative estimate of drug-likeness (QED) is 0.118. The lowest BCUT2D eigenvalue weighted by molar-refractivity contribution is -0.684. The molecule has 0 bridgehead atoms. The summed E-state index contributed by atoms with van der Waals surface area (Å²) in [4.78, 5) is 65.8. The Labute approximate surface area is 244 Å². The first-order valence-electron chi connectivity index (χ1n) is 11.0. The van der Waals surface area contributed by atoms with Crippen LogP contribution in [0.4, 0.5) is 0 Å². The third kappa shape index (κ3) is 7.06. The van der Waals surface area contributed by atoms with Gasteiger partial charge in [-0.2, -0.15) is 4.57 Å². The van der Waals surface area contributed by atoms with Crippen LogP contribution in [0.15, 0.2) is 57.7 Å². The van der Waals surface area contributed by atoms with Crippen LogP contribution in [-0.2, 0) is 30.5 Å². The lowest BCUT2D eigenvalue weighted by Gasteiger charge is -2.49. The van der Waals surface area contributed by atoms with Crippen molar-refractivity contribution in [1.29, 1.82) is 0 Å². The number of nitrogens with one attached hydrogen (secondary N) is 1. The predicted molar refractivity (Wildman–Crippen MR) is 142 cm³/mol. The highest BCUT2D eigenvalue weighted by molar-refractivity contribution is 8.01. The Bertz CT molecular complexity index is 1370. The molecule has 1 fully saturated rings. The van der Waals surface area contributed by atoms with E-state index in [1.807, 2.05) is 0 Å². The van der Waals surface area contributed by atoms with Crippen molar-refractivity contribution in [2.75, 3.05) is 17.3 Å². The molecule has 0 aliphatic carbocycles. The van der Waals surface area contributed by atoms with Crippen molar-refractivity contribution in [3.63, 3.8) is 0 Å². The molecule has 2 aromatic heterocycles. The number of nitrogens with zero attached hydrogens (tertiary/aromatic N) is 3. The van der Waals surface area contributed by atoms with Crippen LogP contribution >= 0.6 is 58.5 Å². The zero-order valence-corrected chi connectivity index (χ0v) is 23.6. The third-order valence-corrected chi connectivity index (χ3v) is 9.30. The predicted octanol–water partition coefficient (Wildman–Crippen LogP) is 0.618. The summed E-state index contributed by atoms with van der Waals surface area (Å²) in [6.45, 7) is -0.362. The van der Waals surface area contributed by atoms with Gasteiger partial charge in [0, 0.05) is 33.4 Å². The molecule has 1 saturated heterocycles. The molecular weight excluding hydrogens is 611 g/mol. The number of amides is 2. The van der Waals surface area contributed by atoms with Crippen molar-refractivity contribution in [3.8, 4) is 0 Å². The van der Waals surface area contributed by atoms with E-state index in [9.17, 15) is 34.2 Å². The van der Waals surface area contributed by atoms with Crippen molar-refractivity contribution < 1.29 is 38.8 Å². The number of carboxylic acids is 2. The van der Waals surface area contributed by atoms with E-state index in [2.05, 4.69) is 10.3 Å². The van der Waals surface area contributed by atoms with Crippen LogP contribution < -0.4 is 15.0 Å². The van der Waals surface area contributed by atoms with E-state index in [0.717, 1.165) is 4.90 Å². The normalized spacial score (nSPS) is 18.3. The van der Waals surface area contributed by atoms with Crippen LogP contribution in [0.25, 0.3) is 0 Å². The minimum absolute atomic E-state index is 0.000211. The number of hydrogen-bond donors (Lipinski definition) is 2. The van der Waals surface area contributed by atoms with E-state index < -0.39 is 41.0 Å². The number of thioether (sulfide) groups is 3. The maximum absolute atomic E-state index is 12.9. The molecule has 0 unspecified atom stereocenters. The molecule has 11 nitrogen and oxygen atoms in total. The van der Waals surface area contributed by atoms with Crippen molar-refractivity contribution in [2.24, 2.45) is 0 Å². The first-order chi connectivity index (χ1) is 18.5. The molecule has 2 aliphatic heterocycles. The Balaban J connectivity index is 1.35. The molecule has 16 heteroatoms. The third-order valence-electron chi connectivity index (χ3n) is 5.50. The summed E-state index contributed by atoms with van der Waals surface area (Å²) in [5.41, 5.74) is 0.459. The van der Waals surface area contributed by atoms with Crippen molar-refractivity contribution in [2.45, 2.75) is 27.8 Å². The lowest BCUT2D eigenvalue weighted by atomic mass is 10.0. The van der Waals surface area contributed by atoms with Crippen molar-refractivity contribution >= 4 is 88.0 Å². The van der Waals surface area contributed by atoms with E-state index in [4.69, 9.17) is 23.2 Å². The average Bonchev–Trinajstić information content (AvgIpc) is 2.88. The minimum Gasteiger partial charge on any atom is -0.542 e. The first kappa shape index (κ1) is 29.2. The van der Waals surface area contributed by atoms with E-state index in [1.54, 1.807) is 24.3 Å². The molecule has 0 radical (unpaired) electrons. The Morgan fingerprint density at radius 1 is 1.15 bits per heavy atom. The monoisotopic (exact) mass is 628 g/mol. The number of carbonyl (C=O) groups is 5. The van der Waals surface area contributed by atoms with Gasteiger partial charge in [-0.1, -0.05) is 23.2 Å². The Morgan fingerprint density at radius 3 is 2.44 bits per heavy atom. The maximum Gasteiger partial charge on any atom is 0.352 e. The summed E-state index contributed by atoms with van der Waals surface area (Å²) < 4.78 is 1.39. The number of pyridine rings is 2. The molecule has 2 aromatic rings. The smallest absolute Gasteiger partial charge is 0.352 e. The molecule has 2 amide bonds. The van der Waals surface area contributed by atoms with E-state index in [-0.39, 0.29) is 34.1 Å². The number of Topliss-reactive ketones (excluding diaryl/α,β-unsaturated/α-hetero) is 1. The average molecular weight is 630 g/mol. The van der Waals surface area contributed by atoms with Gasteiger partial charge in [0.1, 0.15) is 33.4 Å². The highest BCUT2D eigenvalue weighted by Gasteiger charge is 2.54. The van der Waals surface area contributed by atoms with Gasteiger partial charge < -0.3 is 20.3 Å². The number of β-lactam (4-membered cyclic amide) rings is 1. The number of halogens is 2. The molecule has 4 rings (SSSR count). The van der Waals surface area contributed by atoms with Gasteiger partial charge >= 0.3 is 5.97 Å². The van der Waals surface area contributed by atoms with Crippen molar-refractivity contribution in [3.05, 3.63) is 58.2 Å². The largest absolute Gasteiger partial charge is 0.542 e. The van der Waals surface area contributed by atoms with Gasteiger partial charge in [-0.15, -0.1) is 35.3 Å². The number of fused-ring (bicyclic) bond motifs is 1. The second kappa shape index (κ2) is 12.6. The zero-order valence-electron chi connectivity index (χ0n) is 19.7. The molecule has 2 aliphatic rings. The summed E-state index contributed by atoms with van der Waals surface area (Å²) in [6.07, 6.45) is 3.06. The molecule has 4 heterocycles. The molecule has 2 atom stereocenters. The van der Waals surface area contributed by atoms with Gasteiger partial charge in [0.2, 0.25) is 18.2 Å². The van der Waals surface area contributed by atoms with Crippen LogP contribution in [0, 0.1) is 0 Å². The number of ketones is 1. The fourth-order valence-corrected chi connectivity index (χ4v) is 7.46. The zero-order chi connectivity index (χ0) is 28.3. The summed E-state index contributed by atoms with van der Waals surface area (Å²) in [7, 11) is 0. The number of carbonyl (C=O) groups excluding carboxylic acids is 4. The summed E-state index contributed by atoms with van der Waals surface area (Å²) in [5, 5.41) is 23.0. The standard InChI is InChI=1S/C23H18Cl2N4O7S3/c24-15-5-13(6-16(25)26-15)38-10-17(31)27-18-20(32)29-19(23(35)36)11(9-39-21(18)29)8-37-12-1-3-28(4-2-12)7-14(30)22(33)34/h1-6,18,21H,7-10H2,(H2-,27,31,33,34,35,36)/t18-,21-/m1/s1. The number of aromatic nitrogens is 2. The molecule has 2 N–H and O–H groups in total. The van der Waals surface area contributed by atoms with Crippen molar-refractivity contribution in [1.82, 2.24) is 15.2 Å². The Hall–Kier alpha value is -2.78. The Kier molecular flexibility index (Phi) is 9.43.